The number of thiol groups is 1. The van der Waals surface area contributed by atoms with E-state index < -0.39 is 32.3 Å². The first-order valence-corrected chi connectivity index (χ1v) is 50.3. The summed E-state index contributed by atoms with van der Waals surface area (Å²) < 4.78 is 43.8. The molecule has 2 saturated carbocycles. The van der Waals surface area contributed by atoms with Gasteiger partial charge in [-0.2, -0.15) is 24.3 Å². The topological polar surface area (TPSA) is 181 Å². The van der Waals surface area contributed by atoms with Gasteiger partial charge >= 0.3 is 11.9 Å². The Bertz CT molecular complexity index is 2560. The van der Waals surface area contributed by atoms with Crippen LogP contribution in [0.3, 0.4) is 0 Å². The minimum Gasteiger partial charge on any atom is -0.466 e. The highest BCUT2D eigenvalue weighted by Crippen LogP contribution is 2.40. The van der Waals surface area contributed by atoms with Crippen LogP contribution in [0.5, 0.6) is 0 Å². The largest absolute Gasteiger partial charge is 0.466 e. The third-order valence-electron chi connectivity index (χ3n) is 14.5. The summed E-state index contributed by atoms with van der Waals surface area (Å²) in [6, 6.07) is 10.8. The van der Waals surface area contributed by atoms with Crippen LogP contribution in [0.4, 0.5) is 11.6 Å². The SMILES string of the molecule is C/C=N/N=IS.CCOC(=O)CC1CCCC(c2cc(N(COCC[Si](C)(C)C)COCC[Si](C)(C)C)n3ncc(I)c3n2)C1.CCOC(=O)CC1CCCC(c2cc(N(COCC[Si](C)(C)C)COCC[Si](C)(C)C)n3nccc3n2)C1. The van der Waals surface area contributed by atoms with Gasteiger partial charge in [-0.1, -0.05) is 101 Å². The van der Waals surface area contributed by atoms with Gasteiger partial charge in [0.25, 0.3) is 0 Å². The molecule has 0 saturated heterocycles. The second-order valence-electron chi connectivity index (χ2n) is 26.9. The molecule has 4 heterocycles. The third-order valence-corrected chi connectivity index (χ3v) is 23.0. The molecule has 18 nitrogen and oxygen atoms in total. The van der Waals surface area contributed by atoms with Gasteiger partial charge in [-0.25, -0.2) is 9.97 Å². The number of ether oxygens (including phenoxy) is 6. The lowest BCUT2D eigenvalue weighted by Crippen LogP contribution is -2.33. The van der Waals surface area contributed by atoms with Gasteiger partial charge < -0.3 is 38.2 Å². The second kappa shape index (κ2) is 36.9. The van der Waals surface area contributed by atoms with Gasteiger partial charge in [0.1, 0.15) is 38.6 Å². The van der Waals surface area contributed by atoms with Gasteiger partial charge in [0.15, 0.2) is 11.3 Å². The van der Waals surface area contributed by atoms with Crippen molar-refractivity contribution < 1.29 is 38.0 Å². The molecule has 0 spiro atoms. The summed E-state index contributed by atoms with van der Waals surface area (Å²) >= 11 is 2.04. The molecule has 0 radical (unpaired) electrons. The second-order valence-corrected chi connectivity index (χ2v) is 52.4. The number of aromatic nitrogens is 6. The maximum absolute atomic E-state index is 12.2. The number of anilines is 2. The first-order valence-electron chi connectivity index (χ1n) is 30.2. The average Bonchev–Trinajstić information content (AvgIpc) is 4.25. The van der Waals surface area contributed by atoms with Crippen LogP contribution < -0.4 is 9.80 Å². The number of rotatable bonds is 31. The van der Waals surface area contributed by atoms with Crippen LogP contribution in [-0.2, 0) is 38.0 Å². The molecule has 25 heteroatoms. The van der Waals surface area contributed by atoms with E-state index in [0.29, 0.717) is 76.7 Å². The van der Waals surface area contributed by atoms with Crippen molar-refractivity contribution in [2.45, 2.75) is 200 Å². The van der Waals surface area contributed by atoms with E-state index in [-0.39, 0.29) is 31.6 Å². The van der Waals surface area contributed by atoms with Gasteiger partial charge in [-0.15, -0.1) is 3.25 Å². The number of esters is 2. The van der Waals surface area contributed by atoms with Crippen LogP contribution in [0, 0.1) is 15.4 Å². The molecule has 4 aromatic heterocycles. The van der Waals surface area contributed by atoms with Gasteiger partial charge in [-0.3, -0.25) is 9.59 Å². The lowest BCUT2D eigenvalue weighted by molar-refractivity contribution is -0.145. The van der Waals surface area contributed by atoms with Crippen molar-refractivity contribution in [3.63, 3.8) is 0 Å². The van der Waals surface area contributed by atoms with Crippen molar-refractivity contribution in [3.05, 3.63) is 45.6 Å². The number of hydrogen-bond donors (Lipinski definition) is 1. The van der Waals surface area contributed by atoms with Crippen LogP contribution >= 0.6 is 52.0 Å². The van der Waals surface area contributed by atoms with E-state index in [4.69, 9.17) is 38.4 Å². The zero-order chi connectivity index (χ0) is 61.2. The zero-order valence-electron chi connectivity index (χ0n) is 53.2. The van der Waals surface area contributed by atoms with Gasteiger partial charge in [0.2, 0.25) is 0 Å². The fraction of sp³-hybridized carbons (Fsp3) is 0.741. The molecule has 2 aliphatic rings. The van der Waals surface area contributed by atoms with Crippen LogP contribution in [0.2, 0.25) is 103 Å². The minimum absolute atomic E-state index is 0.0878. The molecular formula is C58H104I2N10O8SSi4. The van der Waals surface area contributed by atoms with Gasteiger partial charge in [-0.05, 0) is 118 Å². The molecule has 0 bridgehead atoms. The zero-order valence-corrected chi connectivity index (χ0v) is 62.4. The van der Waals surface area contributed by atoms with Crippen molar-refractivity contribution in [3.8, 4) is 0 Å². The van der Waals surface area contributed by atoms with Gasteiger partial charge in [0.05, 0.1) is 48.8 Å². The molecule has 4 aromatic rings. The summed E-state index contributed by atoms with van der Waals surface area (Å²) in [5.41, 5.74) is 3.83. The lowest BCUT2D eigenvalue weighted by Gasteiger charge is -2.30. The van der Waals surface area contributed by atoms with E-state index >= 15 is 0 Å². The monoisotopic (exact) mass is 1470 g/mol. The number of nitrogens with zero attached hydrogens (tertiary/aromatic N) is 10. The normalized spacial score (nSPS) is 18.1. The van der Waals surface area contributed by atoms with Crippen LogP contribution in [0.25, 0.3) is 11.3 Å². The predicted molar refractivity (Wildman–Crippen MR) is 371 cm³/mol. The summed E-state index contributed by atoms with van der Waals surface area (Å²) in [6.07, 6.45) is 14.7. The molecule has 2 aliphatic carbocycles. The first-order chi connectivity index (χ1) is 39.2. The smallest absolute Gasteiger partial charge is 0.306 e. The highest BCUT2D eigenvalue weighted by Gasteiger charge is 2.31. The highest BCUT2D eigenvalue weighted by atomic mass is 127. The van der Waals surface area contributed by atoms with E-state index in [0.717, 1.165) is 140 Å². The van der Waals surface area contributed by atoms with E-state index in [9.17, 15) is 9.59 Å². The molecule has 0 aliphatic heterocycles. The quantitative estimate of drug-likeness (QED) is 0.00734. The number of fused-ring (bicyclic) bond motifs is 2. The summed E-state index contributed by atoms with van der Waals surface area (Å²) in [7, 11) is -0.851. The molecule has 4 unspecified atom stereocenters. The molecule has 2 fully saturated rings. The highest BCUT2D eigenvalue weighted by molar-refractivity contribution is 14.2. The summed E-state index contributed by atoms with van der Waals surface area (Å²) in [5, 5.41) is 12.8. The third kappa shape index (κ3) is 28.6. The summed E-state index contributed by atoms with van der Waals surface area (Å²) in [6.45, 7) is 39.7. The number of carbonyl (C=O) groups excluding carboxylic acids is 2. The molecule has 0 amide bonds. The molecular weight excluding hydrogens is 1360 g/mol. The van der Waals surface area contributed by atoms with Gasteiger partial charge in [0, 0.05) is 119 Å². The Morgan fingerprint density at radius 2 is 1.08 bits per heavy atom. The van der Waals surface area contributed by atoms with Crippen LogP contribution in [0.15, 0.2) is 38.9 Å². The molecule has 4 atom stereocenters. The van der Waals surface area contributed by atoms with E-state index in [1.54, 1.807) is 12.4 Å². The van der Waals surface area contributed by atoms with E-state index in [1.807, 2.05) is 42.1 Å². The number of hydrogen-bond acceptors (Lipinski definition) is 16. The van der Waals surface area contributed by atoms with Crippen molar-refractivity contribution in [2.75, 3.05) is 76.4 Å². The predicted octanol–water partition coefficient (Wildman–Crippen LogP) is 15.4. The number of halogens is 2. The van der Waals surface area contributed by atoms with Crippen molar-refractivity contribution in [2.24, 2.45) is 20.2 Å². The standard InChI is InChI=1S/C28H49IN4O4Si2.C28H50N4O4Si2.C2H5IN2S/c1-8-37-27(34)17-22-10-9-11-23(16-22)25-18-26(33-28(31-25)24(29)19-30-33)32(20-35-12-14-38(2,3)4)21-36-13-15-39(5,6)7;1-8-36-28(33)19-23-10-9-11-24(18-23)25-20-27(32-26(30-25)12-13-29-32)31(21-34-14-16-37(2,3)4)22-35-15-17-38(5,6)7;1-2-4-5-3-6/h18-19,22-23H,8-17,20-21H2,1-7H3;12-13,20,23-24H,8-11,14-19,21-22H2,1-7H3;2H,1H3,(H,5,6)/b;;4-2+. The van der Waals surface area contributed by atoms with Crippen molar-refractivity contribution in [1.29, 1.82) is 0 Å². The molecule has 0 N–H and O–H groups in total. The fourth-order valence-corrected chi connectivity index (χ4v) is 13.9. The maximum Gasteiger partial charge on any atom is 0.306 e. The first kappa shape index (κ1) is 73.2. The van der Waals surface area contributed by atoms with Crippen LogP contribution in [0.1, 0.15) is 108 Å². The summed E-state index contributed by atoms with van der Waals surface area (Å²) in [5.74, 6) is 3.00. The van der Waals surface area contributed by atoms with E-state index in [2.05, 4.69) is 151 Å². The van der Waals surface area contributed by atoms with Crippen molar-refractivity contribution >= 4 is 125 Å². The Kier molecular flexibility index (Phi) is 32.6. The Labute approximate surface area is 530 Å². The number of carbonyl (C=O) groups is 2. The minimum atomic E-state index is -1.19. The Morgan fingerprint density at radius 1 is 0.663 bits per heavy atom. The fourth-order valence-electron chi connectivity index (χ4n) is 9.74. The Morgan fingerprint density at radius 3 is 1.47 bits per heavy atom. The Hall–Kier alpha value is -2.23. The van der Waals surface area contributed by atoms with Crippen molar-refractivity contribution in [1.82, 2.24) is 29.2 Å². The summed E-state index contributed by atoms with van der Waals surface area (Å²) in [4.78, 5) is 38.7. The Balaban J connectivity index is 0.000000324. The molecule has 83 heavy (non-hydrogen) atoms. The van der Waals surface area contributed by atoms with E-state index in [1.165, 1.54) is 0 Å². The molecule has 0 aromatic carbocycles. The molecule has 470 valence electrons. The average molecular weight is 1470 g/mol. The maximum atomic E-state index is 12.2. The van der Waals surface area contributed by atoms with Crippen LogP contribution in [-0.4, -0.2) is 146 Å². The molecule has 6 rings (SSSR count). The lowest BCUT2D eigenvalue weighted by atomic mass is 9.78.